The first-order chi connectivity index (χ1) is 15.0. The summed E-state index contributed by atoms with van der Waals surface area (Å²) in [5.41, 5.74) is 1.42. The molecule has 3 aromatic rings. The largest absolute Gasteiger partial charge is 0.342 e. The predicted octanol–water partition coefficient (Wildman–Crippen LogP) is 2.53. The van der Waals surface area contributed by atoms with Crippen molar-refractivity contribution < 1.29 is 14.4 Å². The van der Waals surface area contributed by atoms with Gasteiger partial charge in [-0.15, -0.1) is 0 Å². The van der Waals surface area contributed by atoms with Gasteiger partial charge in [0.15, 0.2) is 0 Å². The average Bonchev–Trinajstić information content (AvgIpc) is 3.33. The van der Waals surface area contributed by atoms with Gasteiger partial charge < -0.3 is 15.2 Å². The van der Waals surface area contributed by atoms with Gasteiger partial charge in [0.05, 0.1) is 5.69 Å². The molecule has 2 atom stereocenters. The Bertz CT molecular complexity index is 1080. The number of aryl methyl sites for hydroxylation is 1. The van der Waals surface area contributed by atoms with Gasteiger partial charge in [0.1, 0.15) is 17.9 Å². The van der Waals surface area contributed by atoms with E-state index < -0.39 is 18.1 Å². The fraction of sp³-hybridized carbons (Fsp3) is 0.217. The van der Waals surface area contributed by atoms with E-state index in [2.05, 4.69) is 15.6 Å². The molecule has 1 aliphatic heterocycles. The second-order valence-corrected chi connectivity index (χ2v) is 7.36. The molecule has 2 aromatic carbocycles. The molecule has 0 bridgehead atoms. The van der Waals surface area contributed by atoms with E-state index in [4.69, 9.17) is 0 Å². The van der Waals surface area contributed by atoms with Crippen molar-refractivity contribution in [2.24, 2.45) is 7.05 Å². The first-order valence-corrected chi connectivity index (χ1v) is 10.1. The van der Waals surface area contributed by atoms with E-state index in [0.29, 0.717) is 11.5 Å². The topological polar surface area (TPSA) is 96.3 Å². The number of imide groups is 1. The smallest absolute Gasteiger partial charge is 0.329 e. The van der Waals surface area contributed by atoms with Crippen LogP contribution in [0.3, 0.4) is 0 Å². The van der Waals surface area contributed by atoms with Gasteiger partial charge >= 0.3 is 6.03 Å². The minimum atomic E-state index is -0.734. The van der Waals surface area contributed by atoms with Crippen LogP contribution in [0.5, 0.6) is 0 Å². The molecule has 0 saturated carbocycles. The summed E-state index contributed by atoms with van der Waals surface area (Å²) in [6.07, 6.45) is 3.81. The quantitative estimate of drug-likeness (QED) is 0.578. The van der Waals surface area contributed by atoms with Crippen molar-refractivity contribution in [3.63, 3.8) is 0 Å². The highest BCUT2D eigenvalue weighted by Crippen LogP contribution is 2.22. The van der Waals surface area contributed by atoms with Crippen LogP contribution in [-0.2, 0) is 16.6 Å². The Morgan fingerprint density at radius 3 is 2.42 bits per heavy atom. The van der Waals surface area contributed by atoms with Gasteiger partial charge in [-0.05, 0) is 24.1 Å². The summed E-state index contributed by atoms with van der Waals surface area (Å²) in [6, 6.07) is 16.7. The molecule has 1 unspecified atom stereocenters. The van der Waals surface area contributed by atoms with Crippen molar-refractivity contribution >= 4 is 23.5 Å². The molecule has 4 rings (SSSR count). The van der Waals surface area contributed by atoms with Crippen molar-refractivity contribution in [3.8, 4) is 0 Å². The lowest BCUT2D eigenvalue weighted by Gasteiger charge is -2.19. The minimum absolute atomic E-state index is 0.0903. The number of benzene rings is 2. The summed E-state index contributed by atoms with van der Waals surface area (Å²) in [6.45, 7) is 0. The molecule has 158 valence electrons. The van der Waals surface area contributed by atoms with Crippen molar-refractivity contribution in [2.45, 2.75) is 24.9 Å². The van der Waals surface area contributed by atoms with Gasteiger partial charge in [0.2, 0.25) is 5.91 Å². The monoisotopic (exact) mass is 417 g/mol. The van der Waals surface area contributed by atoms with E-state index in [0.717, 1.165) is 10.5 Å². The first-order valence-electron chi connectivity index (χ1n) is 10.1. The Labute approximate surface area is 179 Å². The van der Waals surface area contributed by atoms with E-state index in [9.17, 15) is 14.4 Å². The van der Waals surface area contributed by atoms with Crippen LogP contribution in [0, 0.1) is 0 Å². The molecule has 8 heteroatoms. The molecule has 1 fully saturated rings. The van der Waals surface area contributed by atoms with Gasteiger partial charge in [-0.25, -0.2) is 14.7 Å². The Morgan fingerprint density at radius 1 is 1.10 bits per heavy atom. The lowest BCUT2D eigenvalue weighted by molar-refractivity contribution is -0.122. The molecule has 0 aliphatic carbocycles. The Morgan fingerprint density at radius 2 is 1.77 bits per heavy atom. The zero-order valence-electron chi connectivity index (χ0n) is 17.1. The van der Waals surface area contributed by atoms with E-state index in [1.807, 2.05) is 54.2 Å². The van der Waals surface area contributed by atoms with E-state index in [-0.39, 0.29) is 24.7 Å². The third-order valence-corrected chi connectivity index (χ3v) is 5.25. The zero-order valence-corrected chi connectivity index (χ0v) is 17.1. The molecule has 1 aromatic heterocycles. The molecule has 4 amide bonds. The molecule has 0 radical (unpaired) electrons. The van der Waals surface area contributed by atoms with Crippen LogP contribution in [0.1, 0.15) is 30.3 Å². The van der Waals surface area contributed by atoms with Crippen LogP contribution in [-0.4, -0.2) is 33.4 Å². The number of nitrogens with one attached hydrogen (secondary N) is 2. The van der Waals surface area contributed by atoms with Gasteiger partial charge in [-0.1, -0.05) is 48.5 Å². The summed E-state index contributed by atoms with van der Waals surface area (Å²) in [7, 11) is 1.87. The van der Waals surface area contributed by atoms with Crippen LogP contribution >= 0.6 is 0 Å². The maximum absolute atomic E-state index is 12.7. The van der Waals surface area contributed by atoms with Crippen molar-refractivity contribution in [3.05, 3.63) is 84.4 Å². The van der Waals surface area contributed by atoms with Gasteiger partial charge in [0.25, 0.3) is 5.91 Å². The second kappa shape index (κ2) is 8.83. The number of hydrogen-bond acceptors (Lipinski definition) is 4. The molecular formula is C23H23N5O3. The highest BCUT2D eigenvalue weighted by molar-refractivity contribution is 6.21. The molecule has 1 saturated heterocycles. The summed E-state index contributed by atoms with van der Waals surface area (Å²) >= 11 is 0. The zero-order chi connectivity index (χ0) is 21.8. The Balaban J connectivity index is 1.42. The highest BCUT2D eigenvalue weighted by Gasteiger charge is 2.39. The number of anilines is 1. The van der Waals surface area contributed by atoms with Crippen molar-refractivity contribution in [2.75, 3.05) is 4.90 Å². The Hall–Kier alpha value is -3.94. The number of amides is 4. The number of imidazole rings is 1. The standard InChI is InChI=1S/C23H23N5O3/c1-27-15-14-24-21(27)20(16-8-4-2-5-9-16)26-19(29)13-12-18-22(30)28(23(31)25-18)17-10-6-3-7-11-17/h2-11,14-15,18,20H,12-13H2,1H3,(H,25,31)(H,26,29)/t18-,20?/m0/s1. The number of hydrogen-bond donors (Lipinski definition) is 2. The fourth-order valence-corrected chi connectivity index (χ4v) is 3.65. The van der Waals surface area contributed by atoms with Crippen LogP contribution in [0.2, 0.25) is 0 Å². The van der Waals surface area contributed by atoms with E-state index in [1.54, 1.807) is 30.5 Å². The molecule has 1 aliphatic rings. The number of urea groups is 1. The minimum Gasteiger partial charge on any atom is -0.342 e. The summed E-state index contributed by atoms with van der Waals surface area (Å²) in [4.78, 5) is 43.2. The highest BCUT2D eigenvalue weighted by atomic mass is 16.2. The van der Waals surface area contributed by atoms with Gasteiger partial charge in [-0.2, -0.15) is 0 Å². The van der Waals surface area contributed by atoms with Gasteiger partial charge in [-0.3, -0.25) is 9.59 Å². The molecule has 0 spiro atoms. The fourth-order valence-electron chi connectivity index (χ4n) is 3.65. The normalized spacial score (nSPS) is 16.8. The lowest BCUT2D eigenvalue weighted by atomic mass is 10.1. The van der Waals surface area contributed by atoms with Crippen molar-refractivity contribution in [1.29, 1.82) is 0 Å². The maximum Gasteiger partial charge on any atom is 0.329 e. The molecule has 31 heavy (non-hydrogen) atoms. The molecule has 2 N–H and O–H groups in total. The van der Waals surface area contributed by atoms with Crippen molar-refractivity contribution in [1.82, 2.24) is 20.2 Å². The first kappa shape index (κ1) is 20.3. The summed E-state index contributed by atoms with van der Waals surface area (Å²) in [5.74, 6) is 0.129. The number of carbonyl (C=O) groups excluding carboxylic acids is 3. The van der Waals surface area contributed by atoms with E-state index >= 15 is 0 Å². The van der Waals surface area contributed by atoms with Crippen LogP contribution in [0.15, 0.2) is 73.1 Å². The number of para-hydroxylation sites is 1. The Kier molecular flexibility index (Phi) is 5.79. The number of aromatic nitrogens is 2. The molecular weight excluding hydrogens is 394 g/mol. The lowest BCUT2D eigenvalue weighted by Crippen LogP contribution is -2.34. The molecule has 8 nitrogen and oxygen atoms in total. The number of rotatable bonds is 7. The number of carbonyl (C=O) groups is 3. The third kappa shape index (κ3) is 4.32. The van der Waals surface area contributed by atoms with Crippen LogP contribution in [0.4, 0.5) is 10.5 Å². The predicted molar refractivity (Wildman–Crippen MR) is 115 cm³/mol. The second-order valence-electron chi connectivity index (χ2n) is 7.36. The van der Waals surface area contributed by atoms with Crippen LogP contribution in [0.25, 0.3) is 0 Å². The SMILES string of the molecule is Cn1ccnc1C(NC(=O)CC[C@@H]1NC(=O)N(c2ccccc2)C1=O)c1ccccc1. The maximum atomic E-state index is 12.7. The average molecular weight is 417 g/mol. The number of nitrogens with zero attached hydrogens (tertiary/aromatic N) is 3. The summed E-state index contributed by atoms with van der Waals surface area (Å²) < 4.78 is 1.86. The van der Waals surface area contributed by atoms with E-state index in [1.165, 1.54) is 0 Å². The van der Waals surface area contributed by atoms with Crippen LogP contribution < -0.4 is 15.5 Å². The molecule has 2 heterocycles. The third-order valence-electron chi connectivity index (χ3n) is 5.25. The summed E-state index contributed by atoms with van der Waals surface area (Å²) in [5, 5.41) is 5.68. The van der Waals surface area contributed by atoms with Gasteiger partial charge in [0, 0.05) is 25.9 Å².